The third kappa shape index (κ3) is 3.50. The van der Waals surface area contributed by atoms with Crippen LogP contribution in [0.25, 0.3) is 0 Å². The number of aliphatic hydroxyl groups excluding tert-OH is 1. The van der Waals surface area contributed by atoms with Crippen molar-refractivity contribution in [2.75, 3.05) is 19.7 Å². The number of nitro groups is 1. The Kier molecular flexibility index (Phi) is 5.54. The van der Waals surface area contributed by atoms with E-state index in [1.807, 2.05) is 0 Å². The Balaban J connectivity index is 3.32. The molecule has 0 heterocycles. The second kappa shape index (κ2) is 6.73. The van der Waals surface area contributed by atoms with Gasteiger partial charge in [0.25, 0.3) is 5.69 Å². The molecular weight excluding hydrogens is 291 g/mol. The molecule has 0 aliphatic heterocycles. The third-order valence-electron chi connectivity index (χ3n) is 2.57. The van der Waals surface area contributed by atoms with E-state index >= 15 is 0 Å². The summed E-state index contributed by atoms with van der Waals surface area (Å²) in [6.45, 7) is 1.20. The molecule has 0 atom stereocenters. The number of halogens is 1. The van der Waals surface area contributed by atoms with Gasteiger partial charge >= 0.3 is 0 Å². The van der Waals surface area contributed by atoms with E-state index in [1.54, 1.807) is 6.92 Å². The van der Waals surface area contributed by atoms with Gasteiger partial charge in [-0.3, -0.25) is 10.1 Å². The first-order valence-electron chi connectivity index (χ1n) is 5.89. The number of benzene rings is 1. The third-order valence-corrected chi connectivity index (χ3v) is 4.48. The molecule has 0 radical (unpaired) electrons. The molecule has 0 spiro atoms. The van der Waals surface area contributed by atoms with Gasteiger partial charge in [-0.1, -0.05) is 6.92 Å². The Labute approximate surface area is 115 Å². The summed E-state index contributed by atoms with van der Waals surface area (Å²) in [6, 6.07) is 2.32. The van der Waals surface area contributed by atoms with E-state index in [2.05, 4.69) is 0 Å². The fourth-order valence-corrected chi connectivity index (χ4v) is 3.26. The van der Waals surface area contributed by atoms with Crippen LogP contribution in [-0.2, 0) is 10.0 Å². The van der Waals surface area contributed by atoms with Crippen molar-refractivity contribution in [2.45, 2.75) is 18.2 Å². The van der Waals surface area contributed by atoms with Gasteiger partial charge in [0, 0.05) is 25.2 Å². The summed E-state index contributed by atoms with van der Waals surface area (Å²) in [5.74, 6) is -1.06. The average molecular weight is 306 g/mol. The van der Waals surface area contributed by atoms with Crippen LogP contribution < -0.4 is 0 Å². The predicted molar refractivity (Wildman–Crippen MR) is 69.2 cm³/mol. The lowest BCUT2D eigenvalue weighted by atomic mass is 10.3. The summed E-state index contributed by atoms with van der Waals surface area (Å²) >= 11 is 0. The van der Waals surface area contributed by atoms with Gasteiger partial charge in [-0.15, -0.1) is 0 Å². The largest absolute Gasteiger partial charge is 0.395 e. The molecule has 0 saturated carbocycles. The summed E-state index contributed by atoms with van der Waals surface area (Å²) in [6.07, 6.45) is 0.468. The number of non-ortho nitro benzene ring substituents is 1. The van der Waals surface area contributed by atoms with Crippen molar-refractivity contribution in [2.24, 2.45) is 0 Å². The van der Waals surface area contributed by atoms with Crippen LogP contribution >= 0.6 is 0 Å². The summed E-state index contributed by atoms with van der Waals surface area (Å²) in [7, 11) is -4.22. The van der Waals surface area contributed by atoms with Gasteiger partial charge < -0.3 is 5.11 Å². The molecule has 112 valence electrons. The van der Waals surface area contributed by atoms with Crippen LogP contribution in [0.5, 0.6) is 0 Å². The van der Waals surface area contributed by atoms with Gasteiger partial charge in [0.1, 0.15) is 10.7 Å². The Bertz CT molecular complexity index is 584. The smallest absolute Gasteiger partial charge is 0.270 e. The number of rotatable bonds is 7. The van der Waals surface area contributed by atoms with E-state index in [-0.39, 0.29) is 13.1 Å². The van der Waals surface area contributed by atoms with Gasteiger partial charge in [-0.05, 0) is 12.5 Å². The number of nitrogens with zero attached hydrogens (tertiary/aromatic N) is 2. The fourth-order valence-electron chi connectivity index (χ4n) is 1.66. The number of hydrogen-bond acceptors (Lipinski definition) is 5. The first-order valence-corrected chi connectivity index (χ1v) is 7.33. The van der Waals surface area contributed by atoms with Crippen LogP contribution in [0, 0.1) is 15.9 Å². The van der Waals surface area contributed by atoms with Crippen LogP contribution in [0.4, 0.5) is 10.1 Å². The number of nitro benzene ring substituents is 1. The van der Waals surface area contributed by atoms with Gasteiger partial charge in [0.2, 0.25) is 10.0 Å². The molecule has 1 aromatic carbocycles. The van der Waals surface area contributed by atoms with E-state index in [0.29, 0.717) is 12.5 Å². The molecule has 1 N–H and O–H groups in total. The number of sulfonamides is 1. The predicted octanol–water partition coefficient (Wildman–Crippen LogP) is 1.13. The maximum Gasteiger partial charge on any atom is 0.270 e. The zero-order chi connectivity index (χ0) is 15.3. The summed E-state index contributed by atoms with van der Waals surface area (Å²) < 4.78 is 39.1. The van der Waals surface area contributed by atoms with Crippen LogP contribution in [-0.4, -0.2) is 42.4 Å². The Morgan fingerprint density at radius 1 is 1.40 bits per heavy atom. The normalized spacial score (nSPS) is 11.8. The lowest BCUT2D eigenvalue weighted by molar-refractivity contribution is -0.385. The summed E-state index contributed by atoms with van der Waals surface area (Å²) in [5, 5.41) is 19.5. The van der Waals surface area contributed by atoms with Crippen LogP contribution in [0.15, 0.2) is 23.1 Å². The number of aliphatic hydroxyl groups is 1. The Morgan fingerprint density at radius 3 is 2.55 bits per heavy atom. The highest BCUT2D eigenvalue weighted by Gasteiger charge is 2.28. The monoisotopic (exact) mass is 306 g/mol. The first kappa shape index (κ1) is 16.5. The topological polar surface area (TPSA) is 101 Å². The van der Waals surface area contributed by atoms with E-state index in [1.165, 1.54) is 0 Å². The molecule has 0 unspecified atom stereocenters. The van der Waals surface area contributed by atoms with Crippen molar-refractivity contribution >= 4 is 15.7 Å². The molecule has 20 heavy (non-hydrogen) atoms. The van der Waals surface area contributed by atoms with E-state index < -0.39 is 38.0 Å². The standard InChI is InChI=1S/C11H15FN2O5S/c1-2-5-13(6-7-15)20(18,19)11-8-9(14(16)17)3-4-10(11)12/h3-4,8,15H,2,5-7H2,1H3. The second-order valence-corrected chi connectivity index (χ2v) is 5.91. The minimum atomic E-state index is -4.22. The van der Waals surface area contributed by atoms with Crippen molar-refractivity contribution in [1.82, 2.24) is 4.31 Å². The van der Waals surface area contributed by atoms with Crippen molar-refractivity contribution in [3.8, 4) is 0 Å². The average Bonchev–Trinajstić information content (AvgIpc) is 2.38. The minimum Gasteiger partial charge on any atom is -0.395 e. The van der Waals surface area contributed by atoms with Crippen LogP contribution in [0.1, 0.15) is 13.3 Å². The maximum atomic E-state index is 13.7. The highest BCUT2D eigenvalue weighted by molar-refractivity contribution is 7.89. The van der Waals surface area contributed by atoms with Crippen LogP contribution in [0.3, 0.4) is 0 Å². The maximum absolute atomic E-state index is 13.7. The molecular formula is C11H15FN2O5S. The zero-order valence-electron chi connectivity index (χ0n) is 10.8. The number of hydrogen-bond donors (Lipinski definition) is 1. The van der Waals surface area contributed by atoms with Gasteiger partial charge in [-0.2, -0.15) is 4.31 Å². The molecule has 0 aliphatic carbocycles. The summed E-state index contributed by atoms with van der Waals surface area (Å²) in [5.41, 5.74) is -0.509. The molecule has 1 rings (SSSR count). The second-order valence-electron chi connectivity index (χ2n) is 4.00. The molecule has 0 aromatic heterocycles. The van der Waals surface area contributed by atoms with Crippen molar-refractivity contribution < 1.29 is 22.8 Å². The van der Waals surface area contributed by atoms with E-state index in [9.17, 15) is 22.9 Å². The van der Waals surface area contributed by atoms with E-state index in [4.69, 9.17) is 5.11 Å². The zero-order valence-corrected chi connectivity index (χ0v) is 11.6. The molecule has 0 fully saturated rings. The van der Waals surface area contributed by atoms with Crippen molar-refractivity contribution in [3.63, 3.8) is 0 Å². The van der Waals surface area contributed by atoms with Gasteiger partial charge in [0.15, 0.2) is 0 Å². The molecule has 1 aromatic rings. The SMILES string of the molecule is CCCN(CCO)S(=O)(=O)c1cc([N+](=O)[O-])ccc1F. The quantitative estimate of drug-likeness (QED) is 0.601. The van der Waals surface area contributed by atoms with E-state index in [0.717, 1.165) is 16.4 Å². The Morgan fingerprint density at radius 2 is 2.05 bits per heavy atom. The minimum absolute atomic E-state index is 0.0883. The molecule has 7 nitrogen and oxygen atoms in total. The van der Waals surface area contributed by atoms with Gasteiger partial charge in [0.05, 0.1) is 11.5 Å². The summed E-state index contributed by atoms with van der Waals surface area (Å²) in [4.78, 5) is 9.09. The van der Waals surface area contributed by atoms with Crippen molar-refractivity contribution in [3.05, 3.63) is 34.1 Å². The fraction of sp³-hybridized carbons (Fsp3) is 0.455. The van der Waals surface area contributed by atoms with Crippen molar-refractivity contribution in [1.29, 1.82) is 0 Å². The molecule has 0 amide bonds. The lowest BCUT2D eigenvalue weighted by Gasteiger charge is -2.20. The first-order chi connectivity index (χ1) is 9.34. The highest BCUT2D eigenvalue weighted by Crippen LogP contribution is 2.24. The molecule has 0 aliphatic rings. The Hall–Kier alpha value is -1.58. The lowest BCUT2D eigenvalue weighted by Crippen LogP contribution is -2.34. The van der Waals surface area contributed by atoms with Crippen LogP contribution in [0.2, 0.25) is 0 Å². The van der Waals surface area contributed by atoms with Gasteiger partial charge in [-0.25, -0.2) is 12.8 Å². The molecule has 9 heteroatoms. The molecule has 0 saturated heterocycles. The molecule has 0 bridgehead atoms. The highest BCUT2D eigenvalue weighted by atomic mass is 32.2.